The maximum atomic E-state index is 13.2. The van der Waals surface area contributed by atoms with Crippen molar-refractivity contribution >= 4 is 23.2 Å². The van der Waals surface area contributed by atoms with Crippen molar-refractivity contribution in [1.82, 2.24) is 5.32 Å². The highest BCUT2D eigenvalue weighted by molar-refractivity contribution is 6.04. The topological polar surface area (TPSA) is 61.4 Å². The van der Waals surface area contributed by atoms with E-state index < -0.39 is 17.5 Å². The van der Waals surface area contributed by atoms with E-state index in [2.05, 4.69) is 10.6 Å². The number of hydrogen-bond donors (Lipinski definition) is 2. The summed E-state index contributed by atoms with van der Waals surface area (Å²) in [6.07, 6.45) is 0. The fourth-order valence-corrected chi connectivity index (χ4v) is 2.46. The molecule has 7 heteroatoms. The van der Waals surface area contributed by atoms with E-state index in [1.54, 1.807) is 24.3 Å². The maximum absolute atomic E-state index is 13.2. The van der Waals surface area contributed by atoms with Crippen LogP contribution in [0.5, 0.6) is 0 Å². The van der Waals surface area contributed by atoms with Gasteiger partial charge in [0.25, 0.3) is 5.91 Å². The Labute approximate surface area is 137 Å². The summed E-state index contributed by atoms with van der Waals surface area (Å²) in [5.74, 6) is -2.63. The van der Waals surface area contributed by atoms with Crippen LogP contribution >= 0.6 is 0 Å². The van der Waals surface area contributed by atoms with E-state index in [4.69, 9.17) is 0 Å². The van der Waals surface area contributed by atoms with Crippen LogP contribution < -0.4 is 15.5 Å². The minimum Gasteiger partial charge on any atom is -0.360 e. The van der Waals surface area contributed by atoms with Gasteiger partial charge in [0.2, 0.25) is 5.91 Å². The predicted molar refractivity (Wildman–Crippen MR) is 86.0 cm³/mol. The van der Waals surface area contributed by atoms with Gasteiger partial charge >= 0.3 is 0 Å². The van der Waals surface area contributed by atoms with Gasteiger partial charge in [0.15, 0.2) is 11.6 Å². The van der Waals surface area contributed by atoms with Crippen LogP contribution in [0.25, 0.3) is 0 Å². The van der Waals surface area contributed by atoms with Gasteiger partial charge in [-0.15, -0.1) is 0 Å². The van der Waals surface area contributed by atoms with Crippen LogP contribution in [-0.4, -0.2) is 31.4 Å². The molecule has 1 fully saturated rings. The first-order valence-electron chi connectivity index (χ1n) is 7.41. The Morgan fingerprint density at radius 3 is 2.50 bits per heavy atom. The van der Waals surface area contributed by atoms with E-state index in [1.165, 1.54) is 6.07 Å². The lowest BCUT2D eigenvalue weighted by Crippen LogP contribution is -2.47. The Morgan fingerprint density at radius 1 is 1.08 bits per heavy atom. The molecule has 124 valence electrons. The summed E-state index contributed by atoms with van der Waals surface area (Å²) >= 11 is 0. The molecular formula is C17H15F2N3O2. The Kier molecular flexibility index (Phi) is 4.41. The molecule has 0 bridgehead atoms. The molecule has 2 N–H and O–H groups in total. The number of amides is 2. The molecule has 1 saturated heterocycles. The summed E-state index contributed by atoms with van der Waals surface area (Å²) in [4.78, 5) is 25.4. The highest BCUT2D eigenvalue weighted by Gasteiger charge is 2.16. The Morgan fingerprint density at radius 2 is 1.83 bits per heavy atom. The first-order chi connectivity index (χ1) is 11.5. The average Bonchev–Trinajstić information content (AvgIpc) is 2.58. The molecule has 2 amide bonds. The third-order valence-corrected chi connectivity index (χ3v) is 3.71. The zero-order chi connectivity index (χ0) is 17.1. The summed E-state index contributed by atoms with van der Waals surface area (Å²) in [5.41, 5.74) is 1.43. The number of hydrogen-bond acceptors (Lipinski definition) is 3. The summed E-state index contributed by atoms with van der Waals surface area (Å²) in [6.45, 7) is 1.60. The SMILES string of the molecule is O=C1CN(c2ccc(NC(=O)c3ccc(F)c(F)c3)cc2)CCN1. The van der Waals surface area contributed by atoms with Gasteiger partial charge in [0, 0.05) is 30.0 Å². The number of nitrogens with one attached hydrogen (secondary N) is 2. The smallest absolute Gasteiger partial charge is 0.255 e. The van der Waals surface area contributed by atoms with Crippen molar-refractivity contribution in [3.63, 3.8) is 0 Å². The second kappa shape index (κ2) is 6.66. The van der Waals surface area contributed by atoms with E-state index in [0.29, 0.717) is 25.3 Å². The van der Waals surface area contributed by atoms with Crippen LogP contribution in [0.4, 0.5) is 20.2 Å². The second-order valence-corrected chi connectivity index (χ2v) is 5.40. The van der Waals surface area contributed by atoms with Gasteiger partial charge in [0.1, 0.15) is 0 Å². The van der Waals surface area contributed by atoms with Gasteiger partial charge in [-0.25, -0.2) is 8.78 Å². The summed E-state index contributed by atoms with van der Waals surface area (Å²) in [5, 5.41) is 5.37. The Bertz CT molecular complexity index is 778. The molecule has 1 heterocycles. The molecule has 0 spiro atoms. The molecule has 1 aliphatic rings. The van der Waals surface area contributed by atoms with Crippen molar-refractivity contribution in [3.8, 4) is 0 Å². The maximum Gasteiger partial charge on any atom is 0.255 e. The van der Waals surface area contributed by atoms with Crippen molar-refractivity contribution in [2.45, 2.75) is 0 Å². The fraction of sp³-hybridized carbons (Fsp3) is 0.176. The number of anilines is 2. The Balaban J connectivity index is 1.68. The normalized spacial score (nSPS) is 14.2. The van der Waals surface area contributed by atoms with Crippen molar-refractivity contribution in [1.29, 1.82) is 0 Å². The first-order valence-corrected chi connectivity index (χ1v) is 7.41. The highest BCUT2D eigenvalue weighted by Crippen LogP contribution is 2.19. The van der Waals surface area contributed by atoms with E-state index in [0.717, 1.165) is 17.8 Å². The molecule has 5 nitrogen and oxygen atoms in total. The van der Waals surface area contributed by atoms with Gasteiger partial charge in [-0.2, -0.15) is 0 Å². The van der Waals surface area contributed by atoms with Crippen LogP contribution in [0, 0.1) is 11.6 Å². The van der Waals surface area contributed by atoms with Gasteiger partial charge < -0.3 is 15.5 Å². The average molecular weight is 331 g/mol. The number of rotatable bonds is 3. The zero-order valence-electron chi connectivity index (χ0n) is 12.7. The molecule has 0 radical (unpaired) electrons. The molecule has 24 heavy (non-hydrogen) atoms. The predicted octanol–water partition coefficient (Wildman–Crippen LogP) is 2.15. The summed E-state index contributed by atoms with van der Waals surface area (Å²) in [6, 6.07) is 9.95. The van der Waals surface area contributed by atoms with Crippen molar-refractivity contribution in [2.75, 3.05) is 29.9 Å². The van der Waals surface area contributed by atoms with Crippen LogP contribution in [0.2, 0.25) is 0 Å². The van der Waals surface area contributed by atoms with Crippen LogP contribution in [-0.2, 0) is 4.79 Å². The highest BCUT2D eigenvalue weighted by atomic mass is 19.2. The lowest BCUT2D eigenvalue weighted by molar-refractivity contribution is -0.120. The number of halogens is 2. The molecule has 0 aromatic heterocycles. The van der Waals surface area contributed by atoms with E-state index in [1.807, 2.05) is 4.90 Å². The van der Waals surface area contributed by atoms with Crippen molar-refractivity contribution < 1.29 is 18.4 Å². The molecule has 0 saturated carbocycles. The van der Waals surface area contributed by atoms with E-state index >= 15 is 0 Å². The molecule has 2 aromatic rings. The third-order valence-electron chi connectivity index (χ3n) is 3.71. The van der Waals surface area contributed by atoms with E-state index in [-0.39, 0.29) is 11.5 Å². The minimum absolute atomic E-state index is 0.0306. The van der Waals surface area contributed by atoms with Gasteiger partial charge in [-0.1, -0.05) is 0 Å². The number of benzene rings is 2. The summed E-state index contributed by atoms with van der Waals surface area (Å²) < 4.78 is 26.1. The number of nitrogens with zero attached hydrogens (tertiary/aromatic N) is 1. The lowest BCUT2D eigenvalue weighted by Gasteiger charge is -2.28. The molecule has 2 aromatic carbocycles. The van der Waals surface area contributed by atoms with Gasteiger partial charge in [0.05, 0.1) is 6.54 Å². The molecule has 0 atom stereocenters. The molecule has 0 unspecified atom stereocenters. The first kappa shape index (κ1) is 15.9. The van der Waals surface area contributed by atoms with Crippen LogP contribution in [0.15, 0.2) is 42.5 Å². The quantitative estimate of drug-likeness (QED) is 0.906. The second-order valence-electron chi connectivity index (χ2n) is 5.40. The zero-order valence-corrected chi connectivity index (χ0v) is 12.7. The molecule has 1 aliphatic heterocycles. The number of carbonyl (C=O) groups is 2. The largest absolute Gasteiger partial charge is 0.360 e. The lowest BCUT2D eigenvalue weighted by atomic mass is 10.2. The van der Waals surface area contributed by atoms with Crippen molar-refractivity contribution in [2.24, 2.45) is 0 Å². The molecule has 0 aliphatic carbocycles. The van der Waals surface area contributed by atoms with Crippen LogP contribution in [0.3, 0.4) is 0 Å². The number of carbonyl (C=O) groups excluding carboxylic acids is 2. The van der Waals surface area contributed by atoms with Crippen molar-refractivity contribution in [3.05, 3.63) is 59.7 Å². The van der Waals surface area contributed by atoms with Gasteiger partial charge in [-0.3, -0.25) is 9.59 Å². The van der Waals surface area contributed by atoms with E-state index in [9.17, 15) is 18.4 Å². The third kappa shape index (κ3) is 3.51. The Hall–Kier alpha value is -2.96. The minimum atomic E-state index is -1.07. The number of piperazine rings is 1. The fourth-order valence-electron chi connectivity index (χ4n) is 2.46. The van der Waals surface area contributed by atoms with Gasteiger partial charge in [-0.05, 0) is 42.5 Å². The van der Waals surface area contributed by atoms with Crippen LogP contribution in [0.1, 0.15) is 10.4 Å². The monoisotopic (exact) mass is 331 g/mol. The molecule has 3 rings (SSSR count). The standard InChI is InChI=1S/C17H15F2N3O2/c18-14-6-1-11(9-15(14)19)17(24)21-12-2-4-13(5-3-12)22-8-7-20-16(23)10-22/h1-6,9H,7-8,10H2,(H,20,23)(H,21,24). The summed E-state index contributed by atoms with van der Waals surface area (Å²) in [7, 11) is 0. The molecular weight excluding hydrogens is 316 g/mol.